The van der Waals surface area contributed by atoms with Crippen molar-refractivity contribution in [2.75, 3.05) is 4.90 Å². The van der Waals surface area contributed by atoms with Crippen LogP contribution in [0.3, 0.4) is 0 Å². The van der Waals surface area contributed by atoms with E-state index in [-0.39, 0.29) is 17.4 Å². The van der Waals surface area contributed by atoms with Gasteiger partial charge in [0, 0.05) is 17.5 Å². The molecule has 18 heavy (non-hydrogen) atoms. The first-order valence-electron chi connectivity index (χ1n) is 6.08. The molecule has 2 nitrogen and oxygen atoms in total. The molecule has 1 aromatic carbocycles. The number of nitrogens with zero attached hydrogens (tertiary/aromatic N) is 1. The number of anilines is 1. The second-order valence-corrected chi connectivity index (χ2v) is 6.22. The zero-order chi connectivity index (χ0) is 13.5. The Kier molecular flexibility index (Phi) is 3.37. The Labute approximate surface area is 112 Å². The summed E-state index contributed by atoms with van der Waals surface area (Å²) in [5.74, 6) is -0.455. The molecule has 0 saturated carbocycles. The van der Waals surface area contributed by atoms with Crippen LogP contribution >= 0.6 is 11.6 Å². The molecule has 98 valence electrons. The predicted octanol–water partition coefficient (Wildman–Crippen LogP) is 4.02. The summed E-state index contributed by atoms with van der Waals surface area (Å²) in [6.45, 7) is 6.20. The smallest absolute Gasteiger partial charge is 0.227 e. The normalized spacial score (nSPS) is 20.6. The van der Waals surface area contributed by atoms with Crippen molar-refractivity contribution in [3.05, 3.63) is 29.0 Å². The molecule has 1 amide bonds. The minimum Gasteiger partial charge on any atom is -0.306 e. The molecule has 1 aliphatic heterocycles. The summed E-state index contributed by atoms with van der Waals surface area (Å²) < 4.78 is 14.0. The van der Waals surface area contributed by atoms with E-state index in [9.17, 15) is 9.18 Å². The second kappa shape index (κ2) is 4.54. The molecule has 0 aromatic heterocycles. The Hall–Kier alpha value is -1.09. The highest BCUT2D eigenvalue weighted by Crippen LogP contribution is 2.38. The van der Waals surface area contributed by atoms with Crippen LogP contribution in [-0.4, -0.2) is 11.9 Å². The summed E-state index contributed by atoms with van der Waals surface area (Å²) >= 11 is 5.74. The van der Waals surface area contributed by atoms with Gasteiger partial charge in [0.15, 0.2) is 0 Å². The first-order valence-corrected chi connectivity index (χ1v) is 6.45. The lowest BCUT2D eigenvalue weighted by Gasteiger charge is -2.35. The first kappa shape index (κ1) is 13.3. The Bertz CT molecular complexity index is 481. The standard InChI is InChI=1S/C14H17ClFNO/c1-14(2,3)12-6-7-13(18)17(12)11-5-4-9(15)8-10(11)16/h4-5,8,12H,6-7H2,1-3H3. The molecular weight excluding hydrogens is 253 g/mol. The van der Waals surface area contributed by atoms with Crippen molar-refractivity contribution in [1.82, 2.24) is 0 Å². The molecule has 1 fully saturated rings. The molecule has 0 radical (unpaired) electrons. The van der Waals surface area contributed by atoms with E-state index in [4.69, 9.17) is 11.6 Å². The van der Waals surface area contributed by atoms with Gasteiger partial charge in [0.1, 0.15) is 5.82 Å². The highest BCUT2D eigenvalue weighted by Gasteiger charge is 2.40. The van der Waals surface area contributed by atoms with E-state index in [0.717, 1.165) is 6.42 Å². The van der Waals surface area contributed by atoms with Crippen molar-refractivity contribution < 1.29 is 9.18 Å². The fourth-order valence-electron chi connectivity index (χ4n) is 2.48. The van der Waals surface area contributed by atoms with Crippen LogP contribution in [0.15, 0.2) is 18.2 Å². The zero-order valence-corrected chi connectivity index (χ0v) is 11.6. The van der Waals surface area contributed by atoms with Crippen LogP contribution in [0.2, 0.25) is 5.02 Å². The number of benzene rings is 1. The average Bonchev–Trinajstić information content (AvgIpc) is 2.60. The maximum Gasteiger partial charge on any atom is 0.227 e. The fraction of sp³-hybridized carbons (Fsp3) is 0.500. The van der Waals surface area contributed by atoms with Crippen LogP contribution in [0.1, 0.15) is 33.6 Å². The number of carbonyl (C=O) groups is 1. The van der Waals surface area contributed by atoms with E-state index in [0.29, 0.717) is 17.1 Å². The number of halogens is 2. The molecule has 1 atom stereocenters. The van der Waals surface area contributed by atoms with Gasteiger partial charge in [-0.3, -0.25) is 4.79 Å². The summed E-state index contributed by atoms with van der Waals surface area (Å²) in [5.41, 5.74) is 0.264. The van der Waals surface area contributed by atoms with Gasteiger partial charge in [-0.2, -0.15) is 0 Å². The minimum atomic E-state index is -0.438. The van der Waals surface area contributed by atoms with Gasteiger partial charge in [-0.1, -0.05) is 32.4 Å². The molecular formula is C14H17ClFNO. The summed E-state index contributed by atoms with van der Waals surface area (Å²) in [5, 5.41) is 0.343. The first-order chi connectivity index (χ1) is 8.30. The van der Waals surface area contributed by atoms with E-state index in [1.165, 1.54) is 6.07 Å². The van der Waals surface area contributed by atoms with Crippen molar-refractivity contribution in [1.29, 1.82) is 0 Å². The molecule has 0 bridgehead atoms. The quantitative estimate of drug-likeness (QED) is 0.754. The molecule has 2 rings (SSSR count). The number of rotatable bonds is 1. The van der Waals surface area contributed by atoms with Crippen LogP contribution in [0.25, 0.3) is 0 Å². The molecule has 1 saturated heterocycles. The fourth-order valence-corrected chi connectivity index (χ4v) is 2.64. The third-order valence-corrected chi connectivity index (χ3v) is 3.62. The van der Waals surface area contributed by atoms with Gasteiger partial charge < -0.3 is 4.90 Å². The molecule has 0 N–H and O–H groups in total. The monoisotopic (exact) mass is 269 g/mol. The maximum absolute atomic E-state index is 14.0. The van der Waals surface area contributed by atoms with Gasteiger partial charge in [-0.15, -0.1) is 0 Å². The van der Waals surface area contributed by atoms with Crippen LogP contribution < -0.4 is 4.90 Å². The Morgan fingerprint density at radius 2 is 2.06 bits per heavy atom. The summed E-state index contributed by atoms with van der Waals surface area (Å²) in [4.78, 5) is 13.6. The van der Waals surface area contributed by atoms with Gasteiger partial charge in [0.2, 0.25) is 5.91 Å². The Balaban J connectivity index is 2.43. The van der Waals surface area contributed by atoms with Crippen LogP contribution in [0.4, 0.5) is 10.1 Å². The second-order valence-electron chi connectivity index (χ2n) is 5.78. The number of carbonyl (C=O) groups excluding carboxylic acids is 1. The third-order valence-electron chi connectivity index (χ3n) is 3.38. The Morgan fingerprint density at radius 3 is 2.61 bits per heavy atom. The maximum atomic E-state index is 14.0. The summed E-state index contributed by atoms with van der Waals surface area (Å²) in [6, 6.07) is 4.48. The van der Waals surface area contributed by atoms with E-state index < -0.39 is 5.82 Å². The van der Waals surface area contributed by atoms with Crippen LogP contribution in [0, 0.1) is 11.2 Å². The summed E-state index contributed by atoms with van der Waals surface area (Å²) in [7, 11) is 0. The van der Waals surface area contributed by atoms with Crippen molar-refractivity contribution in [3.8, 4) is 0 Å². The van der Waals surface area contributed by atoms with E-state index >= 15 is 0 Å². The van der Waals surface area contributed by atoms with Gasteiger partial charge in [0.25, 0.3) is 0 Å². The van der Waals surface area contributed by atoms with Crippen LogP contribution in [-0.2, 0) is 4.79 Å². The molecule has 0 spiro atoms. The number of amides is 1. The SMILES string of the molecule is CC(C)(C)C1CCC(=O)N1c1ccc(Cl)cc1F. The van der Waals surface area contributed by atoms with Crippen LogP contribution in [0.5, 0.6) is 0 Å². The lowest BCUT2D eigenvalue weighted by molar-refractivity contribution is -0.117. The van der Waals surface area contributed by atoms with Crippen molar-refractivity contribution in [2.45, 2.75) is 39.7 Å². The van der Waals surface area contributed by atoms with E-state index in [2.05, 4.69) is 20.8 Å². The van der Waals surface area contributed by atoms with Crippen molar-refractivity contribution in [3.63, 3.8) is 0 Å². The molecule has 1 aliphatic rings. The molecule has 1 unspecified atom stereocenters. The minimum absolute atomic E-state index is 0.0175. The molecule has 1 aromatic rings. The van der Waals surface area contributed by atoms with Gasteiger partial charge in [-0.05, 0) is 30.0 Å². The van der Waals surface area contributed by atoms with E-state index in [1.807, 2.05) is 0 Å². The predicted molar refractivity (Wildman–Crippen MR) is 71.4 cm³/mol. The third kappa shape index (κ3) is 2.37. The lowest BCUT2D eigenvalue weighted by Crippen LogP contribution is -2.42. The summed E-state index contributed by atoms with van der Waals surface area (Å²) in [6.07, 6.45) is 1.24. The molecule has 0 aliphatic carbocycles. The van der Waals surface area contributed by atoms with Gasteiger partial charge in [-0.25, -0.2) is 4.39 Å². The Morgan fingerprint density at radius 1 is 1.39 bits per heavy atom. The highest BCUT2D eigenvalue weighted by molar-refractivity contribution is 6.30. The highest BCUT2D eigenvalue weighted by atomic mass is 35.5. The number of hydrogen-bond donors (Lipinski definition) is 0. The lowest BCUT2D eigenvalue weighted by atomic mass is 9.85. The number of hydrogen-bond acceptors (Lipinski definition) is 1. The average molecular weight is 270 g/mol. The van der Waals surface area contributed by atoms with Crippen molar-refractivity contribution >= 4 is 23.2 Å². The molecule has 4 heteroatoms. The zero-order valence-electron chi connectivity index (χ0n) is 10.8. The van der Waals surface area contributed by atoms with Gasteiger partial charge in [0.05, 0.1) is 5.69 Å². The largest absolute Gasteiger partial charge is 0.306 e. The van der Waals surface area contributed by atoms with Crippen molar-refractivity contribution in [2.24, 2.45) is 5.41 Å². The van der Waals surface area contributed by atoms with Gasteiger partial charge >= 0.3 is 0 Å². The molecule has 1 heterocycles. The van der Waals surface area contributed by atoms with E-state index in [1.54, 1.807) is 17.0 Å². The topological polar surface area (TPSA) is 20.3 Å².